The van der Waals surface area contributed by atoms with Gasteiger partial charge in [-0.15, -0.1) is 11.8 Å². The van der Waals surface area contributed by atoms with Gasteiger partial charge in [-0.1, -0.05) is 18.2 Å². The zero-order chi connectivity index (χ0) is 17.1. The third kappa shape index (κ3) is 4.00. The summed E-state index contributed by atoms with van der Waals surface area (Å²) in [5, 5.41) is 0. The first-order valence-electron chi connectivity index (χ1n) is 8.74. The van der Waals surface area contributed by atoms with Gasteiger partial charge in [0.05, 0.1) is 19.8 Å². The van der Waals surface area contributed by atoms with Gasteiger partial charge in [0.1, 0.15) is 5.75 Å². The lowest BCUT2D eigenvalue weighted by molar-refractivity contribution is 0.0263. The predicted octanol–water partition coefficient (Wildman–Crippen LogP) is 3.37. The molecule has 4 nitrogen and oxygen atoms in total. The first-order chi connectivity index (χ1) is 12.2. The molecule has 2 aliphatic heterocycles. The van der Waals surface area contributed by atoms with E-state index in [1.54, 1.807) is 13.3 Å². The summed E-state index contributed by atoms with van der Waals surface area (Å²) >= 11 is 2.09. The molecule has 1 aromatic heterocycles. The zero-order valence-electron chi connectivity index (χ0n) is 14.6. The average Bonchev–Trinajstić information content (AvgIpc) is 3.05. The monoisotopic (exact) mass is 356 g/mol. The molecule has 2 aromatic rings. The van der Waals surface area contributed by atoms with E-state index in [9.17, 15) is 0 Å². The van der Waals surface area contributed by atoms with Gasteiger partial charge in [0.2, 0.25) is 0 Å². The van der Waals surface area contributed by atoms with Gasteiger partial charge in [0.15, 0.2) is 0 Å². The molecular formula is C20H24N2O2S. The summed E-state index contributed by atoms with van der Waals surface area (Å²) in [6.07, 6.45) is 5.21. The van der Waals surface area contributed by atoms with Crippen molar-refractivity contribution in [3.63, 3.8) is 0 Å². The number of rotatable bonds is 6. The molecule has 0 radical (unpaired) electrons. The quantitative estimate of drug-likeness (QED) is 0.793. The molecule has 5 heteroatoms. The van der Waals surface area contributed by atoms with Gasteiger partial charge < -0.3 is 9.47 Å². The summed E-state index contributed by atoms with van der Waals surface area (Å²) in [5.41, 5.74) is 2.48. The van der Waals surface area contributed by atoms with Gasteiger partial charge in [0, 0.05) is 42.5 Å². The van der Waals surface area contributed by atoms with Crippen LogP contribution in [0.2, 0.25) is 0 Å². The molecule has 0 saturated carbocycles. The van der Waals surface area contributed by atoms with Gasteiger partial charge in [-0.05, 0) is 35.7 Å². The number of likely N-dealkylation sites (tertiary alicyclic amines) is 1. The molecule has 2 aliphatic rings. The molecule has 2 fully saturated rings. The van der Waals surface area contributed by atoms with E-state index in [1.807, 2.05) is 18.3 Å². The van der Waals surface area contributed by atoms with Crippen molar-refractivity contribution in [2.24, 2.45) is 0 Å². The number of methoxy groups -OCH3 is 1. The van der Waals surface area contributed by atoms with Crippen molar-refractivity contribution in [3.8, 4) is 5.75 Å². The standard InChI is InChI=1S/C20H24N2O2S/c1-23-18-6-2-4-16(8-18)11-22-14-20(15-22)9-19(13-25-20)24-12-17-5-3-7-21-10-17/h2-8,10,19H,9,11-15H2,1H3/t19-/m1/s1. The number of thioether (sulfide) groups is 1. The molecule has 0 N–H and O–H groups in total. The molecule has 0 aliphatic carbocycles. The second-order valence-electron chi connectivity index (χ2n) is 6.99. The SMILES string of the molecule is COc1cccc(CN2CC3(C[C@@H](OCc4cccnc4)CS3)C2)c1. The maximum absolute atomic E-state index is 6.11. The molecule has 0 amide bonds. The summed E-state index contributed by atoms with van der Waals surface area (Å²) < 4.78 is 11.8. The van der Waals surface area contributed by atoms with E-state index in [4.69, 9.17) is 9.47 Å². The van der Waals surface area contributed by atoms with Gasteiger partial charge in [-0.2, -0.15) is 0 Å². The fourth-order valence-electron chi connectivity index (χ4n) is 3.74. The predicted molar refractivity (Wildman–Crippen MR) is 101 cm³/mol. The number of hydrogen-bond donors (Lipinski definition) is 0. The molecule has 3 heterocycles. The van der Waals surface area contributed by atoms with Crippen LogP contribution in [0.15, 0.2) is 48.8 Å². The van der Waals surface area contributed by atoms with Gasteiger partial charge in [-0.3, -0.25) is 9.88 Å². The summed E-state index contributed by atoms with van der Waals surface area (Å²) in [6.45, 7) is 3.98. The first kappa shape index (κ1) is 16.9. The van der Waals surface area contributed by atoms with Crippen LogP contribution in [0.5, 0.6) is 5.75 Å². The minimum absolute atomic E-state index is 0.365. The Morgan fingerprint density at radius 2 is 2.12 bits per heavy atom. The molecule has 25 heavy (non-hydrogen) atoms. The number of aromatic nitrogens is 1. The molecule has 0 unspecified atom stereocenters. The second-order valence-corrected chi connectivity index (χ2v) is 8.48. The third-order valence-corrected chi connectivity index (χ3v) is 6.52. The average molecular weight is 356 g/mol. The van der Waals surface area contributed by atoms with Crippen molar-refractivity contribution in [2.75, 3.05) is 26.0 Å². The topological polar surface area (TPSA) is 34.6 Å². The largest absolute Gasteiger partial charge is 0.497 e. The third-order valence-electron chi connectivity index (χ3n) is 4.95. The van der Waals surface area contributed by atoms with Crippen LogP contribution < -0.4 is 4.74 Å². The van der Waals surface area contributed by atoms with Crippen LogP contribution in [0.1, 0.15) is 17.5 Å². The minimum atomic E-state index is 0.365. The summed E-state index contributed by atoms with van der Waals surface area (Å²) in [6, 6.07) is 12.4. The van der Waals surface area contributed by atoms with Gasteiger partial charge in [0.25, 0.3) is 0 Å². The molecule has 132 valence electrons. The Hall–Kier alpha value is -1.56. The Morgan fingerprint density at radius 1 is 1.24 bits per heavy atom. The van der Waals surface area contributed by atoms with Crippen LogP contribution in [-0.4, -0.2) is 46.7 Å². The highest BCUT2D eigenvalue weighted by Gasteiger charge is 2.49. The number of nitrogens with zero attached hydrogens (tertiary/aromatic N) is 2. The van der Waals surface area contributed by atoms with Gasteiger partial charge >= 0.3 is 0 Å². The molecular weight excluding hydrogens is 332 g/mol. The summed E-state index contributed by atoms with van der Waals surface area (Å²) in [7, 11) is 1.72. The summed E-state index contributed by atoms with van der Waals surface area (Å²) in [4.78, 5) is 6.67. The van der Waals surface area contributed by atoms with Crippen molar-refractivity contribution in [1.29, 1.82) is 0 Å². The molecule has 1 atom stereocenters. The maximum atomic E-state index is 6.11. The van der Waals surface area contributed by atoms with E-state index in [1.165, 1.54) is 5.56 Å². The lowest BCUT2D eigenvalue weighted by Crippen LogP contribution is -2.58. The molecule has 1 spiro atoms. The van der Waals surface area contributed by atoms with Crippen molar-refractivity contribution in [1.82, 2.24) is 9.88 Å². The van der Waals surface area contributed by atoms with Crippen LogP contribution >= 0.6 is 11.8 Å². The highest BCUT2D eigenvalue weighted by Crippen LogP contribution is 2.46. The number of ether oxygens (including phenoxy) is 2. The Bertz CT molecular complexity index is 704. The number of benzene rings is 1. The Balaban J connectivity index is 1.24. The van der Waals surface area contributed by atoms with E-state index in [0.717, 1.165) is 43.1 Å². The fourth-order valence-corrected chi connectivity index (χ4v) is 5.34. The lowest BCUT2D eigenvalue weighted by Gasteiger charge is -2.47. The molecule has 1 aromatic carbocycles. The number of hydrogen-bond acceptors (Lipinski definition) is 5. The van der Waals surface area contributed by atoms with Gasteiger partial charge in [-0.25, -0.2) is 0 Å². The molecule has 0 bridgehead atoms. The maximum Gasteiger partial charge on any atom is 0.119 e. The van der Waals surface area contributed by atoms with E-state index < -0.39 is 0 Å². The van der Waals surface area contributed by atoms with Crippen LogP contribution in [0, 0.1) is 0 Å². The molecule has 2 saturated heterocycles. The fraction of sp³-hybridized carbons (Fsp3) is 0.450. The van der Waals surface area contributed by atoms with Crippen molar-refractivity contribution in [3.05, 3.63) is 59.9 Å². The molecule has 4 rings (SSSR count). The minimum Gasteiger partial charge on any atom is -0.497 e. The summed E-state index contributed by atoms with van der Waals surface area (Å²) in [5.74, 6) is 2.04. The Morgan fingerprint density at radius 3 is 2.92 bits per heavy atom. The van der Waals surface area contributed by atoms with E-state index in [-0.39, 0.29) is 0 Å². The highest BCUT2D eigenvalue weighted by molar-refractivity contribution is 8.01. The second kappa shape index (κ2) is 7.36. The van der Waals surface area contributed by atoms with E-state index in [2.05, 4.69) is 45.9 Å². The zero-order valence-corrected chi connectivity index (χ0v) is 15.4. The first-order valence-corrected chi connectivity index (χ1v) is 9.73. The Labute approximate surface area is 153 Å². The van der Waals surface area contributed by atoms with Crippen molar-refractivity contribution >= 4 is 11.8 Å². The normalized spacial score (nSPS) is 22.0. The lowest BCUT2D eigenvalue weighted by atomic mass is 9.92. The Kier molecular flexibility index (Phi) is 4.97. The van der Waals surface area contributed by atoms with E-state index >= 15 is 0 Å². The smallest absolute Gasteiger partial charge is 0.119 e. The van der Waals surface area contributed by atoms with Crippen LogP contribution in [0.25, 0.3) is 0 Å². The van der Waals surface area contributed by atoms with Crippen LogP contribution in [-0.2, 0) is 17.9 Å². The van der Waals surface area contributed by atoms with Crippen LogP contribution in [0.4, 0.5) is 0 Å². The number of pyridine rings is 1. The van der Waals surface area contributed by atoms with Crippen molar-refractivity contribution < 1.29 is 9.47 Å². The highest BCUT2D eigenvalue weighted by atomic mass is 32.2. The van der Waals surface area contributed by atoms with Crippen LogP contribution in [0.3, 0.4) is 0 Å². The van der Waals surface area contributed by atoms with Crippen molar-refractivity contribution in [2.45, 2.75) is 30.4 Å². The van der Waals surface area contributed by atoms with E-state index in [0.29, 0.717) is 17.5 Å².